The lowest BCUT2D eigenvalue weighted by Crippen LogP contribution is -2.33. The molecule has 0 spiro atoms. The second-order valence-electron chi connectivity index (χ2n) is 4.34. The Kier molecular flexibility index (Phi) is 3.62. The molecular weight excluding hydrogens is 186 g/mol. The average molecular weight is 205 g/mol. The summed E-state index contributed by atoms with van der Waals surface area (Å²) in [6, 6.07) is 8.26. The fraction of sp³-hybridized carbons (Fsp3) is 0.538. The van der Waals surface area contributed by atoms with Crippen molar-refractivity contribution in [3.63, 3.8) is 0 Å². The molecule has 1 unspecified atom stereocenters. The largest absolute Gasteiger partial charge is 0.493 e. The molecule has 1 N–H and O–H groups in total. The first-order chi connectivity index (χ1) is 7.34. The Hall–Kier alpha value is -1.02. The summed E-state index contributed by atoms with van der Waals surface area (Å²) >= 11 is 0. The highest BCUT2D eigenvalue weighted by Crippen LogP contribution is 2.16. The third-order valence-corrected chi connectivity index (χ3v) is 2.87. The van der Waals surface area contributed by atoms with Crippen molar-refractivity contribution in [2.75, 3.05) is 19.7 Å². The zero-order chi connectivity index (χ0) is 10.5. The number of aryl methyl sites for hydroxylation is 1. The molecule has 0 amide bonds. The van der Waals surface area contributed by atoms with Gasteiger partial charge >= 0.3 is 0 Å². The van der Waals surface area contributed by atoms with Crippen LogP contribution >= 0.6 is 0 Å². The van der Waals surface area contributed by atoms with E-state index in [9.17, 15) is 0 Å². The fourth-order valence-corrected chi connectivity index (χ4v) is 1.99. The molecule has 0 saturated carbocycles. The summed E-state index contributed by atoms with van der Waals surface area (Å²) in [7, 11) is 0. The maximum Gasteiger partial charge on any atom is 0.119 e. The van der Waals surface area contributed by atoms with Crippen LogP contribution in [0.1, 0.15) is 18.4 Å². The number of rotatable bonds is 3. The molecule has 1 aromatic rings. The number of ether oxygens (including phenoxy) is 1. The molecule has 2 rings (SSSR count). The van der Waals surface area contributed by atoms with Gasteiger partial charge in [-0.15, -0.1) is 0 Å². The molecule has 0 aliphatic carbocycles. The summed E-state index contributed by atoms with van der Waals surface area (Å²) in [4.78, 5) is 0. The molecule has 1 aliphatic rings. The average Bonchev–Trinajstić information content (AvgIpc) is 2.28. The zero-order valence-corrected chi connectivity index (χ0v) is 9.33. The Morgan fingerprint density at radius 1 is 1.47 bits per heavy atom. The van der Waals surface area contributed by atoms with Gasteiger partial charge in [0.05, 0.1) is 6.61 Å². The van der Waals surface area contributed by atoms with Crippen LogP contribution in [0.4, 0.5) is 0 Å². The van der Waals surface area contributed by atoms with Crippen molar-refractivity contribution < 1.29 is 4.74 Å². The molecule has 0 bridgehead atoms. The summed E-state index contributed by atoms with van der Waals surface area (Å²) in [5.41, 5.74) is 1.26. The van der Waals surface area contributed by atoms with E-state index in [4.69, 9.17) is 4.74 Å². The molecule has 0 radical (unpaired) electrons. The van der Waals surface area contributed by atoms with Crippen molar-refractivity contribution in [3.05, 3.63) is 29.8 Å². The molecule has 1 saturated heterocycles. The van der Waals surface area contributed by atoms with Crippen molar-refractivity contribution in [3.8, 4) is 5.75 Å². The molecular formula is C13H19NO. The Labute approximate surface area is 91.6 Å². The first-order valence-electron chi connectivity index (χ1n) is 5.75. The minimum atomic E-state index is 0.680. The highest BCUT2D eigenvalue weighted by Gasteiger charge is 2.13. The van der Waals surface area contributed by atoms with Gasteiger partial charge in [0.1, 0.15) is 5.75 Å². The van der Waals surface area contributed by atoms with Gasteiger partial charge < -0.3 is 10.1 Å². The van der Waals surface area contributed by atoms with Gasteiger partial charge in [-0.2, -0.15) is 0 Å². The number of hydrogen-bond acceptors (Lipinski definition) is 2. The first kappa shape index (κ1) is 10.5. The van der Waals surface area contributed by atoms with Crippen molar-refractivity contribution in [2.45, 2.75) is 19.8 Å². The van der Waals surface area contributed by atoms with Gasteiger partial charge in [-0.05, 0) is 44.0 Å². The lowest BCUT2D eigenvalue weighted by molar-refractivity contribution is 0.218. The quantitative estimate of drug-likeness (QED) is 0.818. The minimum Gasteiger partial charge on any atom is -0.493 e. The van der Waals surface area contributed by atoms with Gasteiger partial charge in [-0.25, -0.2) is 0 Å². The van der Waals surface area contributed by atoms with Gasteiger partial charge in [0.15, 0.2) is 0 Å². The van der Waals surface area contributed by atoms with Crippen LogP contribution < -0.4 is 10.1 Å². The molecule has 15 heavy (non-hydrogen) atoms. The van der Waals surface area contributed by atoms with Crippen LogP contribution in [0.15, 0.2) is 24.3 Å². The fourth-order valence-electron chi connectivity index (χ4n) is 1.99. The highest BCUT2D eigenvalue weighted by atomic mass is 16.5. The number of hydrogen-bond donors (Lipinski definition) is 1. The summed E-state index contributed by atoms with van der Waals surface area (Å²) in [5.74, 6) is 1.68. The van der Waals surface area contributed by atoms with E-state index in [1.807, 2.05) is 12.1 Å². The van der Waals surface area contributed by atoms with E-state index in [2.05, 4.69) is 24.4 Å². The molecule has 82 valence electrons. The molecule has 2 heteroatoms. The topological polar surface area (TPSA) is 21.3 Å². The summed E-state index contributed by atoms with van der Waals surface area (Å²) < 4.78 is 5.79. The maximum absolute atomic E-state index is 5.79. The number of benzene rings is 1. The molecule has 0 aromatic heterocycles. The minimum absolute atomic E-state index is 0.680. The number of nitrogens with one attached hydrogen (secondary N) is 1. The van der Waals surface area contributed by atoms with E-state index >= 15 is 0 Å². The van der Waals surface area contributed by atoms with Gasteiger partial charge in [0, 0.05) is 12.5 Å². The van der Waals surface area contributed by atoms with E-state index in [1.54, 1.807) is 0 Å². The predicted molar refractivity (Wildman–Crippen MR) is 62.3 cm³/mol. The maximum atomic E-state index is 5.79. The van der Waals surface area contributed by atoms with Gasteiger partial charge in [0.2, 0.25) is 0 Å². The second-order valence-corrected chi connectivity index (χ2v) is 4.34. The summed E-state index contributed by atoms with van der Waals surface area (Å²) in [6.45, 7) is 5.21. The number of piperidine rings is 1. The molecule has 1 heterocycles. The Bertz CT molecular complexity index is 305. The molecule has 1 fully saturated rings. The summed E-state index contributed by atoms with van der Waals surface area (Å²) in [5, 5.41) is 3.40. The van der Waals surface area contributed by atoms with Gasteiger partial charge in [0.25, 0.3) is 0 Å². The Morgan fingerprint density at radius 3 is 3.13 bits per heavy atom. The van der Waals surface area contributed by atoms with Crippen LogP contribution in [0.25, 0.3) is 0 Å². The van der Waals surface area contributed by atoms with E-state index in [1.165, 1.54) is 24.9 Å². The zero-order valence-electron chi connectivity index (χ0n) is 9.33. The van der Waals surface area contributed by atoms with E-state index in [0.29, 0.717) is 5.92 Å². The van der Waals surface area contributed by atoms with Crippen LogP contribution in [0, 0.1) is 12.8 Å². The first-order valence-corrected chi connectivity index (χ1v) is 5.75. The molecule has 2 nitrogen and oxygen atoms in total. The van der Waals surface area contributed by atoms with Crippen LogP contribution in [-0.2, 0) is 0 Å². The van der Waals surface area contributed by atoms with E-state index in [0.717, 1.165) is 18.9 Å². The van der Waals surface area contributed by atoms with E-state index in [-0.39, 0.29) is 0 Å². The Morgan fingerprint density at radius 2 is 2.40 bits per heavy atom. The SMILES string of the molecule is Cc1cccc(OCC2CCCNC2)c1. The third-order valence-electron chi connectivity index (χ3n) is 2.87. The molecule has 1 aromatic carbocycles. The van der Waals surface area contributed by atoms with Crippen LogP contribution in [-0.4, -0.2) is 19.7 Å². The van der Waals surface area contributed by atoms with Gasteiger partial charge in [-0.3, -0.25) is 0 Å². The van der Waals surface area contributed by atoms with Crippen LogP contribution in [0.5, 0.6) is 5.75 Å². The standard InChI is InChI=1S/C13H19NO/c1-11-4-2-6-13(8-11)15-10-12-5-3-7-14-9-12/h2,4,6,8,12,14H,3,5,7,9-10H2,1H3. The van der Waals surface area contributed by atoms with Crippen molar-refractivity contribution in [2.24, 2.45) is 5.92 Å². The lowest BCUT2D eigenvalue weighted by Gasteiger charge is -2.22. The molecule has 1 atom stereocenters. The predicted octanol–water partition coefficient (Wildman–Crippen LogP) is 2.37. The van der Waals surface area contributed by atoms with Crippen molar-refractivity contribution in [1.29, 1.82) is 0 Å². The highest BCUT2D eigenvalue weighted by molar-refractivity contribution is 5.27. The van der Waals surface area contributed by atoms with Gasteiger partial charge in [-0.1, -0.05) is 12.1 Å². The monoisotopic (exact) mass is 205 g/mol. The van der Waals surface area contributed by atoms with Crippen LogP contribution in [0.2, 0.25) is 0 Å². The van der Waals surface area contributed by atoms with Crippen LogP contribution in [0.3, 0.4) is 0 Å². The smallest absolute Gasteiger partial charge is 0.119 e. The third kappa shape index (κ3) is 3.24. The lowest BCUT2D eigenvalue weighted by atomic mass is 10.0. The second kappa shape index (κ2) is 5.17. The molecule has 1 aliphatic heterocycles. The Balaban J connectivity index is 1.81. The normalized spacial score (nSPS) is 21.3. The summed E-state index contributed by atoms with van der Waals surface area (Å²) in [6.07, 6.45) is 2.57. The van der Waals surface area contributed by atoms with Crippen molar-refractivity contribution >= 4 is 0 Å². The van der Waals surface area contributed by atoms with Crippen molar-refractivity contribution in [1.82, 2.24) is 5.32 Å². The van der Waals surface area contributed by atoms with E-state index < -0.39 is 0 Å².